The molecule has 1 atom stereocenters. The van der Waals surface area contributed by atoms with E-state index >= 15 is 0 Å². The van der Waals surface area contributed by atoms with Crippen LogP contribution < -0.4 is 5.32 Å². The predicted octanol–water partition coefficient (Wildman–Crippen LogP) is 2.54. The van der Waals surface area contributed by atoms with Crippen molar-refractivity contribution in [1.82, 2.24) is 0 Å². The van der Waals surface area contributed by atoms with Gasteiger partial charge in [-0.1, -0.05) is 19.8 Å². The second-order valence-electron chi connectivity index (χ2n) is 4.41. The lowest BCUT2D eigenvalue weighted by Crippen LogP contribution is -2.07. The summed E-state index contributed by atoms with van der Waals surface area (Å²) in [6.45, 7) is 2.03. The Morgan fingerprint density at radius 2 is 2.29 bits per heavy atom. The fourth-order valence-electron chi connectivity index (χ4n) is 2.15. The number of aliphatic hydroxyl groups is 1. The quantitative estimate of drug-likeness (QED) is 0.845. The van der Waals surface area contributed by atoms with Crippen LogP contribution in [-0.4, -0.2) is 11.0 Å². The van der Waals surface area contributed by atoms with Gasteiger partial charge < -0.3 is 10.4 Å². The molecule has 2 N–H and O–H groups in total. The van der Waals surface area contributed by atoms with Gasteiger partial charge in [-0.3, -0.25) is 4.79 Å². The monoisotopic (exact) mass is 237 g/mol. The van der Waals surface area contributed by atoms with Gasteiger partial charge in [0.1, 0.15) is 5.82 Å². The Bertz CT molecular complexity index is 445. The van der Waals surface area contributed by atoms with Gasteiger partial charge in [0.15, 0.2) is 0 Å². The molecule has 0 radical (unpaired) electrons. The Morgan fingerprint density at radius 3 is 3.00 bits per heavy atom. The molecular weight excluding hydrogens is 221 g/mol. The zero-order valence-electron chi connectivity index (χ0n) is 9.79. The molecule has 1 heterocycles. The van der Waals surface area contributed by atoms with Gasteiger partial charge in [-0.25, -0.2) is 4.39 Å². The smallest absolute Gasteiger partial charge is 0.228 e. The van der Waals surface area contributed by atoms with Crippen LogP contribution in [0.4, 0.5) is 10.1 Å². The zero-order valence-corrected chi connectivity index (χ0v) is 9.79. The Balaban J connectivity index is 2.31. The van der Waals surface area contributed by atoms with Crippen molar-refractivity contribution in [2.45, 2.75) is 38.7 Å². The van der Waals surface area contributed by atoms with Gasteiger partial charge in [0.2, 0.25) is 5.91 Å². The van der Waals surface area contributed by atoms with E-state index in [9.17, 15) is 14.3 Å². The number of rotatable bonds is 4. The Hall–Kier alpha value is -1.42. The summed E-state index contributed by atoms with van der Waals surface area (Å²) in [7, 11) is 0. The van der Waals surface area contributed by atoms with Gasteiger partial charge >= 0.3 is 0 Å². The lowest BCUT2D eigenvalue weighted by atomic mass is 9.99. The Kier molecular flexibility index (Phi) is 3.43. The van der Waals surface area contributed by atoms with Crippen LogP contribution in [0, 0.1) is 5.82 Å². The number of nitrogens with one attached hydrogen (secondary N) is 1. The zero-order chi connectivity index (χ0) is 12.4. The van der Waals surface area contributed by atoms with Crippen molar-refractivity contribution in [3.63, 3.8) is 0 Å². The minimum absolute atomic E-state index is 0.144. The molecule has 92 valence electrons. The van der Waals surface area contributed by atoms with Crippen LogP contribution in [0.15, 0.2) is 12.1 Å². The third kappa shape index (κ3) is 2.47. The van der Waals surface area contributed by atoms with E-state index in [0.717, 1.165) is 12.8 Å². The fourth-order valence-corrected chi connectivity index (χ4v) is 2.15. The number of aliphatic hydroxyl groups excluding tert-OH is 1. The molecule has 0 bridgehead atoms. The first-order valence-corrected chi connectivity index (χ1v) is 5.92. The third-order valence-electron chi connectivity index (χ3n) is 3.02. The highest BCUT2D eigenvalue weighted by Crippen LogP contribution is 2.34. The normalized spacial score (nSPS) is 15.6. The molecule has 1 aromatic rings. The van der Waals surface area contributed by atoms with Crippen LogP contribution in [-0.2, 0) is 11.2 Å². The van der Waals surface area contributed by atoms with Gasteiger partial charge in [0, 0.05) is 5.56 Å². The average molecular weight is 237 g/mol. The highest BCUT2D eigenvalue weighted by Gasteiger charge is 2.24. The first kappa shape index (κ1) is 12.0. The van der Waals surface area contributed by atoms with Crippen molar-refractivity contribution in [3.05, 3.63) is 29.1 Å². The van der Waals surface area contributed by atoms with E-state index in [0.29, 0.717) is 23.2 Å². The molecule has 4 heteroatoms. The Labute approximate surface area is 99.7 Å². The van der Waals surface area contributed by atoms with Crippen LogP contribution in [0.25, 0.3) is 0 Å². The number of unbranched alkanes of at least 4 members (excludes halogenated alkanes) is 1. The van der Waals surface area contributed by atoms with E-state index in [-0.39, 0.29) is 12.3 Å². The first-order chi connectivity index (χ1) is 8.11. The molecule has 1 aliphatic heterocycles. The van der Waals surface area contributed by atoms with Gasteiger partial charge in [0.25, 0.3) is 0 Å². The summed E-state index contributed by atoms with van der Waals surface area (Å²) in [5, 5.41) is 12.7. The maximum absolute atomic E-state index is 13.4. The SMILES string of the molecule is CCCCC(O)c1cc(F)cc2c1NC(=O)C2. The summed E-state index contributed by atoms with van der Waals surface area (Å²) in [4.78, 5) is 11.3. The molecule has 0 saturated heterocycles. The molecule has 1 unspecified atom stereocenters. The van der Waals surface area contributed by atoms with Gasteiger partial charge in [0.05, 0.1) is 18.2 Å². The summed E-state index contributed by atoms with van der Waals surface area (Å²) >= 11 is 0. The van der Waals surface area contributed by atoms with E-state index in [1.807, 2.05) is 6.92 Å². The highest BCUT2D eigenvalue weighted by molar-refractivity contribution is 6.00. The summed E-state index contributed by atoms with van der Waals surface area (Å²) in [6, 6.07) is 2.66. The molecule has 0 aromatic heterocycles. The van der Waals surface area contributed by atoms with E-state index in [1.54, 1.807) is 0 Å². The van der Waals surface area contributed by atoms with Crippen molar-refractivity contribution in [3.8, 4) is 0 Å². The number of carbonyl (C=O) groups excluding carboxylic acids is 1. The van der Waals surface area contributed by atoms with Crippen molar-refractivity contribution in [2.75, 3.05) is 5.32 Å². The number of hydrogen-bond acceptors (Lipinski definition) is 2. The van der Waals surface area contributed by atoms with Gasteiger partial charge in [-0.15, -0.1) is 0 Å². The highest BCUT2D eigenvalue weighted by atomic mass is 19.1. The number of hydrogen-bond donors (Lipinski definition) is 2. The predicted molar refractivity (Wildman–Crippen MR) is 63.2 cm³/mol. The van der Waals surface area contributed by atoms with Crippen LogP contribution in [0.5, 0.6) is 0 Å². The molecule has 0 spiro atoms. The molecule has 2 rings (SSSR count). The van der Waals surface area contributed by atoms with Crippen LogP contribution >= 0.6 is 0 Å². The van der Waals surface area contributed by atoms with E-state index in [4.69, 9.17) is 0 Å². The number of anilines is 1. The molecule has 3 nitrogen and oxygen atoms in total. The first-order valence-electron chi connectivity index (χ1n) is 5.92. The molecule has 0 fully saturated rings. The van der Waals surface area contributed by atoms with Gasteiger partial charge in [-0.05, 0) is 24.1 Å². The number of carbonyl (C=O) groups is 1. The molecule has 0 aliphatic carbocycles. The molecule has 1 aromatic carbocycles. The van der Waals surface area contributed by atoms with Crippen LogP contribution in [0.1, 0.15) is 43.4 Å². The van der Waals surface area contributed by atoms with Crippen molar-refractivity contribution in [1.29, 1.82) is 0 Å². The minimum atomic E-state index is -0.710. The second kappa shape index (κ2) is 4.84. The van der Waals surface area contributed by atoms with Crippen LogP contribution in [0.2, 0.25) is 0 Å². The number of fused-ring (bicyclic) bond motifs is 1. The lowest BCUT2D eigenvalue weighted by Gasteiger charge is -2.14. The summed E-state index contributed by atoms with van der Waals surface area (Å²) in [5.74, 6) is -0.541. The van der Waals surface area contributed by atoms with Crippen LogP contribution in [0.3, 0.4) is 0 Å². The molecule has 0 saturated carbocycles. The standard InChI is InChI=1S/C13H16FNO2/c1-2-3-4-11(16)10-7-9(14)5-8-6-12(17)15-13(8)10/h5,7,11,16H,2-4,6H2,1H3,(H,15,17). The number of benzene rings is 1. The van der Waals surface area contributed by atoms with E-state index in [2.05, 4.69) is 5.32 Å². The van der Waals surface area contributed by atoms with E-state index in [1.165, 1.54) is 12.1 Å². The minimum Gasteiger partial charge on any atom is -0.388 e. The second-order valence-corrected chi connectivity index (χ2v) is 4.41. The number of amides is 1. The average Bonchev–Trinajstić information content (AvgIpc) is 2.64. The molecule has 1 aliphatic rings. The van der Waals surface area contributed by atoms with Gasteiger partial charge in [-0.2, -0.15) is 0 Å². The van der Waals surface area contributed by atoms with Crippen molar-refractivity contribution >= 4 is 11.6 Å². The maximum atomic E-state index is 13.4. The van der Waals surface area contributed by atoms with Crippen molar-refractivity contribution in [2.24, 2.45) is 0 Å². The summed E-state index contributed by atoms with van der Waals surface area (Å²) in [6.07, 6.45) is 1.92. The maximum Gasteiger partial charge on any atom is 0.228 e. The number of halogens is 1. The largest absolute Gasteiger partial charge is 0.388 e. The fraction of sp³-hybridized carbons (Fsp3) is 0.462. The molecule has 1 amide bonds. The molecular formula is C13H16FNO2. The Morgan fingerprint density at radius 1 is 1.53 bits per heavy atom. The molecule has 17 heavy (non-hydrogen) atoms. The third-order valence-corrected chi connectivity index (χ3v) is 3.02. The summed E-state index contributed by atoms with van der Waals surface area (Å²) < 4.78 is 13.4. The summed E-state index contributed by atoms with van der Waals surface area (Å²) in [5.41, 5.74) is 1.74. The topological polar surface area (TPSA) is 49.3 Å². The van der Waals surface area contributed by atoms with Crippen molar-refractivity contribution < 1.29 is 14.3 Å². The lowest BCUT2D eigenvalue weighted by molar-refractivity contribution is -0.115. The van der Waals surface area contributed by atoms with E-state index < -0.39 is 11.9 Å².